The summed E-state index contributed by atoms with van der Waals surface area (Å²) >= 11 is 0. The summed E-state index contributed by atoms with van der Waals surface area (Å²) in [7, 11) is 0. The molecule has 0 unspecified atom stereocenters. The number of aryl methyl sites for hydroxylation is 1. The number of carbonyl (C=O) groups is 2. The average Bonchev–Trinajstić information content (AvgIpc) is 2.09. The normalized spacial score (nSPS) is 9.93. The number of carboxylic acids is 1. The molecular weight excluding hydrogens is 200 g/mol. The number of nitrogens with two attached hydrogens (primary N) is 1. The Bertz CT molecular complexity index is 475. The van der Waals surface area contributed by atoms with E-state index >= 15 is 0 Å². The van der Waals surface area contributed by atoms with E-state index in [1.807, 2.05) is 0 Å². The summed E-state index contributed by atoms with van der Waals surface area (Å²) in [4.78, 5) is 32.9. The summed E-state index contributed by atoms with van der Waals surface area (Å²) in [6, 6.07) is 1.48. The smallest absolute Gasteiger partial charge is 0.323 e. The Labute approximate surface area is 84.9 Å². The van der Waals surface area contributed by atoms with Gasteiger partial charge in [0.05, 0.1) is 0 Å². The summed E-state index contributed by atoms with van der Waals surface area (Å²) in [5.74, 6) is -2.01. The van der Waals surface area contributed by atoms with Crippen LogP contribution in [0.2, 0.25) is 0 Å². The molecule has 6 nitrogen and oxygen atoms in total. The van der Waals surface area contributed by atoms with Crippen LogP contribution in [0, 0.1) is 6.92 Å². The number of nitrogens with zero attached hydrogens (tertiary/aromatic N) is 1. The number of hydrogen-bond donors (Lipinski definition) is 2. The lowest BCUT2D eigenvalue weighted by atomic mass is 10.1. The van der Waals surface area contributed by atoms with Gasteiger partial charge in [-0.1, -0.05) is 0 Å². The highest BCUT2D eigenvalue weighted by molar-refractivity contribution is 5.93. The lowest BCUT2D eigenvalue weighted by Gasteiger charge is -2.05. The second-order valence-electron chi connectivity index (χ2n) is 3.06. The highest BCUT2D eigenvalue weighted by atomic mass is 16.4. The van der Waals surface area contributed by atoms with Gasteiger partial charge in [0, 0.05) is 6.20 Å². The largest absolute Gasteiger partial charge is 0.480 e. The first-order valence-electron chi connectivity index (χ1n) is 4.15. The second kappa shape index (κ2) is 3.95. The van der Waals surface area contributed by atoms with Crippen LogP contribution in [0.3, 0.4) is 0 Å². The molecule has 1 rings (SSSR count). The number of primary amides is 1. The van der Waals surface area contributed by atoms with Gasteiger partial charge in [-0.2, -0.15) is 0 Å². The number of rotatable bonds is 3. The van der Waals surface area contributed by atoms with Crippen molar-refractivity contribution in [3.05, 3.63) is 33.7 Å². The SMILES string of the molecule is Cc1ccn(CC(=O)O)c(=O)c1C(N)=O. The molecule has 1 heterocycles. The molecule has 6 heteroatoms. The molecule has 1 amide bonds. The van der Waals surface area contributed by atoms with Gasteiger partial charge in [0.25, 0.3) is 11.5 Å². The minimum absolute atomic E-state index is 0.168. The van der Waals surface area contributed by atoms with Crippen molar-refractivity contribution in [1.82, 2.24) is 4.57 Å². The molecule has 0 fully saturated rings. The summed E-state index contributed by atoms with van der Waals surface area (Å²) in [5.41, 5.74) is 4.61. The van der Waals surface area contributed by atoms with Crippen molar-refractivity contribution < 1.29 is 14.7 Å². The summed E-state index contributed by atoms with van der Waals surface area (Å²) in [6.07, 6.45) is 1.32. The third-order valence-corrected chi connectivity index (χ3v) is 1.93. The Morgan fingerprint density at radius 3 is 2.60 bits per heavy atom. The fraction of sp³-hybridized carbons (Fsp3) is 0.222. The molecule has 1 aromatic heterocycles. The van der Waals surface area contributed by atoms with Crippen molar-refractivity contribution in [2.24, 2.45) is 5.73 Å². The van der Waals surface area contributed by atoms with Crippen LogP contribution in [0.15, 0.2) is 17.1 Å². The molecule has 0 saturated heterocycles. The van der Waals surface area contributed by atoms with Crippen molar-refractivity contribution in [3.8, 4) is 0 Å². The number of carbonyl (C=O) groups excluding carboxylic acids is 1. The molecule has 0 atom stereocenters. The molecule has 80 valence electrons. The molecule has 3 N–H and O–H groups in total. The predicted octanol–water partition coefficient (Wildman–Crippen LogP) is -0.660. The summed E-state index contributed by atoms with van der Waals surface area (Å²) < 4.78 is 0.926. The first-order valence-corrected chi connectivity index (χ1v) is 4.15. The van der Waals surface area contributed by atoms with Gasteiger partial charge >= 0.3 is 5.97 Å². The number of aromatic nitrogens is 1. The zero-order chi connectivity index (χ0) is 11.6. The third kappa shape index (κ3) is 2.22. The van der Waals surface area contributed by atoms with E-state index in [4.69, 9.17) is 10.8 Å². The quantitative estimate of drug-likeness (QED) is 0.691. The van der Waals surface area contributed by atoms with Gasteiger partial charge in [0.15, 0.2) is 0 Å². The molecule has 0 bridgehead atoms. The molecule has 0 radical (unpaired) electrons. The molecule has 15 heavy (non-hydrogen) atoms. The van der Waals surface area contributed by atoms with Crippen LogP contribution in [-0.2, 0) is 11.3 Å². The zero-order valence-electron chi connectivity index (χ0n) is 8.06. The Morgan fingerprint density at radius 1 is 1.53 bits per heavy atom. The van der Waals surface area contributed by atoms with Gasteiger partial charge in [-0.25, -0.2) is 0 Å². The highest BCUT2D eigenvalue weighted by Gasteiger charge is 2.13. The van der Waals surface area contributed by atoms with E-state index in [1.54, 1.807) is 6.92 Å². The van der Waals surface area contributed by atoms with Crippen molar-refractivity contribution in [2.75, 3.05) is 0 Å². The van der Waals surface area contributed by atoms with E-state index in [0.717, 1.165) is 4.57 Å². The van der Waals surface area contributed by atoms with Crippen molar-refractivity contribution >= 4 is 11.9 Å². The highest BCUT2D eigenvalue weighted by Crippen LogP contribution is 2.00. The predicted molar refractivity (Wildman–Crippen MR) is 51.6 cm³/mol. The average molecular weight is 210 g/mol. The maximum atomic E-state index is 11.6. The fourth-order valence-corrected chi connectivity index (χ4v) is 1.24. The lowest BCUT2D eigenvalue weighted by Crippen LogP contribution is -2.32. The Hall–Kier alpha value is -2.11. The van der Waals surface area contributed by atoms with Gasteiger partial charge in [-0.15, -0.1) is 0 Å². The molecule has 0 aliphatic carbocycles. The fourth-order valence-electron chi connectivity index (χ4n) is 1.24. The van der Waals surface area contributed by atoms with Gasteiger partial charge in [-0.3, -0.25) is 14.4 Å². The monoisotopic (exact) mass is 210 g/mol. The molecule has 0 aromatic carbocycles. The second-order valence-corrected chi connectivity index (χ2v) is 3.06. The van der Waals surface area contributed by atoms with Crippen LogP contribution in [-0.4, -0.2) is 21.6 Å². The molecule has 1 aromatic rings. The number of aliphatic carboxylic acids is 1. The minimum Gasteiger partial charge on any atom is -0.480 e. The number of amides is 1. The van der Waals surface area contributed by atoms with Crippen LogP contribution in [0.5, 0.6) is 0 Å². The van der Waals surface area contributed by atoms with E-state index in [9.17, 15) is 14.4 Å². The maximum absolute atomic E-state index is 11.6. The molecular formula is C9H10N2O4. The summed E-state index contributed by atoms with van der Waals surface area (Å²) in [6.45, 7) is 1.08. The first-order chi connectivity index (χ1) is 6.93. The van der Waals surface area contributed by atoms with Crippen LogP contribution in [0.25, 0.3) is 0 Å². The van der Waals surface area contributed by atoms with E-state index < -0.39 is 24.0 Å². The Kier molecular flexibility index (Phi) is 2.89. The first kappa shape index (κ1) is 11.0. The number of carboxylic acid groups (broad SMARTS) is 1. The minimum atomic E-state index is -1.16. The third-order valence-electron chi connectivity index (χ3n) is 1.93. The van der Waals surface area contributed by atoms with E-state index in [0.29, 0.717) is 5.56 Å². The Balaban J connectivity index is 3.35. The molecule has 0 aliphatic rings. The van der Waals surface area contributed by atoms with Crippen molar-refractivity contribution in [2.45, 2.75) is 13.5 Å². The number of hydrogen-bond acceptors (Lipinski definition) is 3. The number of pyridine rings is 1. The standard InChI is InChI=1S/C9H10N2O4/c1-5-2-3-11(4-6(12)13)9(15)7(5)8(10)14/h2-3H,4H2,1H3,(H2,10,14)(H,12,13). The zero-order valence-corrected chi connectivity index (χ0v) is 8.06. The molecule has 0 aliphatic heterocycles. The van der Waals surface area contributed by atoms with Crippen molar-refractivity contribution in [3.63, 3.8) is 0 Å². The van der Waals surface area contributed by atoms with E-state index in [1.165, 1.54) is 12.3 Å². The van der Waals surface area contributed by atoms with E-state index in [-0.39, 0.29) is 5.56 Å². The molecule has 0 spiro atoms. The van der Waals surface area contributed by atoms with Gasteiger partial charge in [0.1, 0.15) is 12.1 Å². The van der Waals surface area contributed by atoms with Gasteiger partial charge in [0.2, 0.25) is 0 Å². The van der Waals surface area contributed by atoms with Crippen LogP contribution in [0.4, 0.5) is 0 Å². The maximum Gasteiger partial charge on any atom is 0.323 e. The Morgan fingerprint density at radius 2 is 2.13 bits per heavy atom. The topological polar surface area (TPSA) is 102 Å². The molecule has 0 saturated carbocycles. The van der Waals surface area contributed by atoms with Crippen molar-refractivity contribution in [1.29, 1.82) is 0 Å². The van der Waals surface area contributed by atoms with Crippen LogP contribution >= 0.6 is 0 Å². The van der Waals surface area contributed by atoms with Crippen LogP contribution < -0.4 is 11.3 Å². The van der Waals surface area contributed by atoms with Gasteiger partial charge in [-0.05, 0) is 18.6 Å². The lowest BCUT2D eigenvalue weighted by molar-refractivity contribution is -0.137. The van der Waals surface area contributed by atoms with E-state index in [2.05, 4.69) is 0 Å². The van der Waals surface area contributed by atoms with Gasteiger partial charge < -0.3 is 15.4 Å². The summed E-state index contributed by atoms with van der Waals surface area (Å²) in [5, 5.41) is 8.51. The van der Waals surface area contributed by atoms with Crippen LogP contribution in [0.1, 0.15) is 15.9 Å².